The number of allylic oxidation sites excluding steroid dienone is 1. The highest BCUT2D eigenvalue weighted by Crippen LogP contribution is 2.50. The van der Waals surface area contributed by atoms with Crippen molar-refractivity contribution in [3.63, 3.8) is 0 Å². The molecule has 0 N–H and O–H groups in total. The Labute approximate surface area is 89.5 Å². The van der Waals surface area contributed by atoms with Gasteiger partial charge < -0.3 is 4.74 Å². The predicted molar refractivity (Wildman–Crippen MR) is 55.1 cm³/mol. The monoisotopic (exact) mass is 208 g/mol. The Morgan fingerprint density at radius 1 is 1.60 bits per heavy atom. The summed E-state index contributed by atoms with van der Waals surface area (Å²) in [6, 6.07) is 0. The first-order valence-corrected chi connectivity index (χ1v) is 5.36. The SMILES string of the molecule is C=CCC1C(=O)[C@@H](C)[C@@H]2C[C@]1(C)C(=O)O2. The van der Waals surface area contributed by atoms with Crippen LogP contribution in [0.4, 0.5) is 0 Å². The fourth-order valence-electron chi connectivity index (χ4n) is 2.74. The van der Waals surface area contributed by atoms with Crippen LogP contribution in [0.2, 0.25) is 0 Å². The summed E-state index contributed by atoms with van der Waals surface area (Å²) in [6.07, 6.45) is 2.77. The van der Waals surface area contributed by atoms with Crippen molar-refractivity contribution in [2.24, 2.45) is 17.3 Å². The lowest BCUT2D eigenvalue weighted by atomic mass is 9.63. The second-order valence-electron chi connectivity index (χ2n) is 4.83. The number of ketones is 1. The van der Waals surface area contributed by atoms with E-state index in [2.05, 4.69) is 6.58 Å². The van der Waals surface area contributed by atoms with Crippen LogP contribution in [-0.2, 0) is 14.3 Å². The number of ether oxygens (including phenoxy) is 1. The molecular weight excluding hydrogens is 192 g/mol. The quantitative estimate of drug-likeness (QED) is 0.512. The fourth-order valence-corrected chi connectivity index (χ4v) is 2.74. The molecule has 2 aliphatic rings. The molecule has 2 rings (SSSR count). The number of carbonyl (C=O) groups is 2. The van der Waals surface area contributed by atoms with Crippen molar-refractivity contribution in [2.75, 3.05) is 0 Å². The van der Waals surface area contributed by atoms with Crippen molar-refractivity contribution < 1.29 is 14.3 Å². The van der Waals surface area contributed by atoms with Crippen LogP contribution in [0.15, 0.2) is 12.7 Å². The van der Waals surface area contributed by atoms with E-state index in [0.29, 0.717) is 12.8 Å². The highest BCUT2D eigenvalue weighted by atomic mass is 16.6. The normalized spacial score (nSPS) is 44.0. The number of Topliss-reactive ketones (excluding diaryl/α,β-unsaturated/α-hetero) is 1. The fraction of sp³-hybridized carbons (Fsp3) is 0.667. The van der Waals surface area contributed by atoms with Gasteiger partial charge in [-0.1, -0.05) is 13.0 Å². The third-order valence-electron chi connectivity index (χ3n) is 3.87. The van der Waals surface area contributed by atoms with Gasteiger partial charge in [0.15, 0.2) is 0 Å². The van der Waals surface area contributed by atoms with E-state index in [-0.39, 0.29) is 29.7 Å². The van der Waals surface area contributed by atoms with Crippen molar-refractivity contribution in [1.29, 1.82) is 0 Å². The molecule has 0 aromatic carbocycles. The lowest BCUT2D eigenvalue weighted by molar-refractivity contribution is -0.149. The molecule has 1 aliphatic carbocycles. The second kappa shape index (κ2) is 3.19. The highest BCUT2D eigenvalue weighted by Gasteiger charge is 2.59. The smallest absolute Gasteiger partial charge is 0.312 e. The van der Waals surface area contributed by atoms with E-state index in [0.717, 1.165) is 0 Å². The van der Waals surface area contributed by atoms with Gasteiger partial charge in [-0.25, -0.2) is 0 Å². The maximum Gasteiger partial charge on any atom is 0.312 e. The first kappa shape index (κ1) is 10.4. The Hall–Kier alpha value is -1.12. The molecule has 0 amide bonds. The molecule has 0 radical (unpaired) electrons. The number of esters is 1. The number of hydrogen-bond donors (Lipinski definition) is 0. The summed E-state index contributed by atoms with van der Waals surface area (Å²) in [5, 5.41) is 0. The van der Waals surface area contributed by atoms with Gasteiger partial charge in [0, 0.05) is 12.3 Å². The van der Waals surface area contributed by atoms with Crippen LogP contribution in [-0.4, -0.2) is 17.9 Å². The van der Waals surface area contributed by atoms with Gasteiger partial charge in [-0.2, -0.15) is 0 Å². The lowest BCUT2D eigenvalue weighted by Gasteiger charge is -2.34. The van der Waals surface area contributed by atoms with Crippen molar-refractivity contribution in [2.45, 2.75) is 32.8 Å². The Bertz CT molecular complexity index is 334. The van der Waals surface area contributed by atoms with Gasteiger partial charge in [0.2, 0.25) is 0 Å². The zero-order valence-corrected chi connectivity index (χ0v) is 9.16. The van der Waals surface area contributed by atoms with Crippen LogP contribution in [0.5, 0.6) is 0 Å². The van der Waals surface area contributed by atoms with E-state index in [4.69, 9.17) is 4.74 Å². The topological polar surface area (TPSA) is 43.4 Å². The maximum atomic E-state index is 12.0. The Balaban J connectivity index is 2.38. The molecule has 3 heteroatoms. The molecule has 4 atom stereocenters. The number of carbonyl (C=O) groups excluding carboxylic acids is 2. The van der Waals surface area contributed by atoms with Gasteiger partial charge in [-0.05, 0) is 13.3 Å². The summed E-state index contributed by atoms with van der Waals surface area (Å²) in [6.45, 7) is 7.34. The summed E-state index contributed by atoms with van der Waals surface area (Å²) in [7, 11) is 0. The van der Waals surface area contributed by atoms with Gasteiger partial charge in [0.1, 0.15) is 11.9 Å². The molecule has 1 unspecified atom stereocenters. The highest BCUT2D eigenvalue weighted by molar-refractivity contribution is 5.94. The minimum absolute atomic E-state index is 0.152. The number of hydrogen-bond acceptors (Lipinski definition) is 3. The summed E-state index contributed by atoms with van der Waals surface area (Å²) in [5.41, 5.74) is -0.609. The largest absolute Gasteiger partial charge is 0.461 e. The van der Waals surface area contributed by atoms with Crippen LogP contribution in [0.1, 0.15) is 26.7 Å². The van der Waals surface area contributed by atoms with Gasteiger partial charge in [-0.3, -0.25) is 9.59 Å². The second-order valence-corrected chi connectivity index (χ2v) is 4.83. The molecule has 2 fully saturated rings. The number of fused-ring (bicyclic) bond motifs is 2. The molecule has 0 aromatic heterocycles. The molecule has 1 saturated carbocycles. The summed E-state index contributed by atoms with van der Waals surface area (Å²) >= 11 is 0. The average Bonchev–Trinajstić information content (AvgIpc) is 2.47. The Morgan fingerprint density at radius 2 is 2.27 bits per heavy atom. The van der Waals surface area contributed by atoms with E-state index in [9.17, 15) is 9.59 Å². The van der Waals surface area contributed by atoms with Crippen LogP contribution in [0.25, 0.3) is 0 Å². The van der Waals surface area contributed by atoms with E-state index in [1.54, 1.807) is 6.08 Å². The standard InChI is InChI=1S/C12H16O3/c1-4-5-8-10(13)7(2)9-6-12(8,3)11(14)15-9/h4,7-9H,1,5-6H2,2-3H3/t7-,8?,9-,12-/m0/s1. The van der Waals surface area contributed by atoms with Crippen LogP contribution in [0, 0.1) is 17.3 Å². The van der Waals surface area contributed by atoms with Crippen LogP contribution in [0.3, 0.4) is 0 Å². The van der Waals surface area contributed by atoms with Crippen LogP contribution >= 0.6 is 0 Å². The molecule has 0 aromatic rings. The van der Waals surface area contributed by atoms with Crippen LogP contribution < -0.4 is 0 Å². The number of rotatable bonds is 2. The van der Waals surface area contributed by atoms with Gasteiger partial charge >= 0.3 is 5.97 Å². The third kappa shape index (κ3) is 1.25. The summed E-state index contributed by atoms with van der Waals surface area (Å²) in [4.78, 5) is 23.8. The van der Waals surface area contributed by atoms with Crippen molar-refractivity contribution in [3.05, 3.63) is 12.7 Å². The molecule has 1 heterocycles. The minimum Gasteiger partial charge on any atom is -0.461 e. The molecule has 2 bridgehead atoms. The molecule has 15 heavy (non-hydrogen) atoms. The van der Waals surface area contributed by atoms with Crippen molar-refractivity contribution in [1.82, 2.24) is 0 Å². The lowest BCUT2D eigenvalue weighted by Crippen LogP contribution is -2.44. The van der Waals surface area contributed by atoms with E-state index >= 15 is 0 Å². The van der Waals surface area contributed by atoms with Gasteiger partial charge in [0.25, 0.3) is 0 Å². The van der Waals surface area contributed by atoms with Crippen molar-refractivity contribution >= 4 is 11.8 Å². The van der Waals surface area contributed by atoms with Gasteiger partial charge in [0.05, 0.1) is 11.3 Å². The Kier molecular flexibility index (Phi) is 2.21. The molecule has 82 valence electrons. The zero-order valence-electron chi connectivity index (χ0n) is 9.16. The van der Waals surface area contributed by atoms with E-state index in [1.807, 2.05) is 13.8 Å². The Morgan fingerprint density at radius 3 is 2.87 bits per heavy atom. The molecule has 0 spiro atoms. The van der Waals surface area contributed by atoms with Gasteiger partial charge in [-0.15, -0.1) is 6.58 Å². The summed E-state index contributed by atoms with van der Waals surface area (Å²) in [5.74, 6) is -0.456. The van der Waals surface area contributed by atoms with E-state index in [1.165, 1.54) is 0 Å². The molecule has 3 nitrogen and oxygen atoms in total. The zero-order chi connectivity index (χ0) is 11.2. The molecular formula is C12H16O3. The third-order valence-corrected chi connectivity index (χ3v) is 3.87. The van der Waals surface area contributed by atoms with E-state index < -0.39 is 5.41 Å². The molecule has 1 saturated heterocycles. The molecule has 1 aliphatic heterocycles. The van der Waals surface area contributed by atoms with Crippen molar-refractivity contribution in [3.8, 4) is 0 Å². The average molecular weight is 208 g/mol. The first-order chi connectivity index (χ1) is 7.00. The first-order valence-electron chi connectivity index (χ1n) is 5.36. The predicted octanol–water partition coefficient (Wildman–Crippen LogP) is 1.72. The minimum atomic E-state index is -0.609. The maximum absolute atomic E-state index is 12.0. The summed E-state index contributed by atoms with van der Waals surface area (Å²) < 4.78 is 5.25.